The summed E-state index contributed by atoms with van der Waals surface area (Å²) < 4.78 is 0. The minimum atomic E-state index is -0.839. The fourth-order valence-corrected chi connectivity index (χ4v) is 3.73. The van der Waals surface area contributed by atoms with Gasteiger partial charge in [-0.3, -0.25) is 9.59 Å². The molecular weight excluding hydrogens is 288 g/mol. The molecule has 0 saturated heterocycles. The van der Waals surface area contributed by atoms with Crippen molar-refractivity contribution < 1.29 is 14.7 Å². The number of rotatable bonds is 5. The molecule has 0 aromatic carbocycles. The van der Waals surface area contributed by atoms with Crippen molar-refractivity contribution in [1.29, 1.82) is 0 Å². The highest BCUT2D eigenvalue weighted by Gasteiger charge is 2.39. The summed E-state index contributed by atoms with van der Waals surface area (Å²) in [5.41, 5.74) is 0.392. The van der Waals surface area contributed by atoms with Gasteiger partial charge in [-0.25, -0.2) is 4.98 Å². The lowest BCUT2D eigenvalue weighted by Gasteiger charge is -2.35. The van der Waals surface area contributed by atoms with E-state index in [-0.39, 0.29) is 12.3 Å². The van der Waals surface area contributed by atoms with E-state index in [1.54, 1.807) is 0 Å². The Bertz CT molecular complexity index is 514. The van der Waals surface area contributed by atoms with Crippen LogP contribution in [0.3, 0.4) is 0 Å². The number of aliphatic carboxylic acids is 1. The molecule has 0 atom stereocenters. The van der Waals surface area contributed by atoms with Crippen molar-refractivity contribution in [3.63, 3.8) is 0 Å². The number of hydrogen-bond donors (Lipinski definition) is 2. The summed E-state index contributed by atoms with van der Waals surface area (Å²) in [5.74, 6) is -0.897. The van der Waals surface area contributed by atoms with Crippen LogP contribution in [0.1, 0.15) is 55.5 Å². The van der Waals surface area contributed by atoms with Gasteiger partial charge >= 0.3 is 5.97 Å². The van der Waals surface area contributed by atoms with Gasteiger partial charge < -0.3 is 10.4 Å². The first-order valence-corrected chi connectivity index (χ1v) is 8.22. The smallest absolute Gasteiger partial charge is 0.303 e. The Morgan fingerprint density at radius 1 is 1.29 bits per heavy atom. The molecule has 0 bridgehead atoms. The Morgan fingerprint density at radius 2 is 1.95 bits per heavy atom. The minimum absolute atomic E-state index is 0.0450. The van der Waals surface area contributed by atoms with Crippen molar-refractivity contribution in [2.24, 2.45) is 5.41 Å². The Kier molecular flexibility index (Phi) is 4.98. The molecule has 21 heavy (non-hydrogen) atoms. The maximum absolute atomic E-state index is 12.7. The number of carbonyl (C=O) groups excluding carboxylic acids is 1. The Labute approximate surface area is 128 Å². The number of thiazole rings is 1. The normalized spacial score (nSPS) is 17.4. The first-order valence-electron chi connectivity index (χ1n) is 7.40. The second-order valence-corrected chi connectivity index (χ2v) is 7.05. The molecule has 1 saturated carbocycles. The van der Waals surface area contributed by atoms with Crippen molar-refractivity contribution in [3.05, 3.63) is 10.6 Å². The molecule has 1 aromatic heterocycles. The molecule has 116 valence electrons. The number of anilines is 1. The summed E-state index contributed by atoms with van der Waals surface area (Å²) in [5, 5.41) is 12.5. The molecule has 0 radical (unpaired) electrons. The zero-order chi connectivity index (χ0) is 15.5. The number of carboxylic acid groups (broad SMARTS) is 1. The molecule has 1 aromatic rings. The fraction of sp³-hybridized carbons (Fsp3) is 0.667. The summed E-state index contributed by atoms with van der Waals surface area (Å²) in [7, 11) is 0. The van der Waals surface area contributed by atoms with Gasteiger partial charge in [0.05, 0.1) is 11.1 Å². The fourth-order valence-electron chi connectivity index (χ4n) is 2.92. The highest BCUT2D eigenvalue weighted by atomic mass is 32.1. The number of amides is 1. The van der Waals surface area contributed by atoms with Crippen LogP contribution in [0.15, 0.2) is 0 Å². The molecule has 0 aliphatic heterocycles. The van der Waals surface area contributed by atoms with Gasteiger partial charge in [0.15, 0.2) is 5.13 Å². The van der Waals surface area contributed by atoms with Gasteiger partial charge in [-0.2, -0.15) is 0 Å². The molecule has 1 aliphatic carbocycles. The van der Waals surface area contributed by atoms with Crippen molar-refractivity contribution >= 4 is 28.3 Å². The van der Waals surface area contributed by atoms with Crippen LogP contribution in [0.5, 0.6) is 0 Å². The lowest BCUT2D eigenvalue weighted by atomic mass is 9.70. The maximum atomic E-state index is 12.7. The van der Waals surface area contributed by atoms with Crippen molar-refractivity contribution in [3.8, 4) is 0 Å². The molecule has 0 spiro atoms. The Balaban J connectivity index is 2.11. The number of nitrogens with one attached hydrogen (secondary N) is 1. The summed E-state index contributed by atoms with van der Waals surface area (Å²) in [4.78, 5) is 29.0. The topological polar surface area (TPSA) is 79.3 Å². The van der Waals surface area contributed by atoms with Gasteiger partial charge in [-0.15, -0.1) is 11.3 Å². The van der Waals surface area contributed by atoms with Crippen molar-refractivity contribution in [2.45, 2.75) is 58.8 Å². The van der Waals surface area contributed by atoms with Crippen molar-refractivity contribution in [1.82, 2.24) is 4.98 Å². The summed E-state index contributed by atoms with van der Waals surface area (Å²) in [6.07, 6.45) is 5.11. The van der Waals surface area contributed by atoms with Crippen LogP contribution in [0.4, 0.5) is 5.13 Å². The summed E-state index contributed by atoms with van der Waals surface area (Å²) in [6.45, 7) is 3.89. The van der Waals surface area contributed by atoms with Gasteiger partial charge in [0, 0.05) is 11.3 Å². The van der Waals surface area contributed by atoms with Crippen LogP contribution in [0.2, 0.25) is 0 Å². The van der Waals surface area contributed by atoms with Gasteiger partial charge in [-0.05, 0) is 33.1 Å². The van der Waals surface area contributed by atoms with E-state index in [4.69, 9.17) is 5.11 Å². The molecule has 5 nitrogen and oxygen atoms in total. The number of hydrogen-bond acceptors (Lipinski definition) is 4. The number of carboxylic acids is 1. The maximum Gasteiger partial charge on any atom is 0.303 e. The quantitative estimate of drug-likeness (QED) is 0.872. The van der Waals surface area contributed by atoms with Crippen LogP contribution in [-0.4, -0.2) is 22.0 Å². The minimum Gasteiger partial charge on any atom is -0.481 e. The molecule has 1 heterocycles. The molecular formula is C15H22N2O3S. The first-order chi connectivity index (χ1) is 9.93. The average molecular weight is 310 g/mol. The predicted molar refractivity (Wildman–Crippen MR) is 82.6 cm³/mol. The van der Waals surface area contributed by atoms with Crippen LogP contribution >= 0.6 is 11.3 Å². The Hall–Kier alpha value is -1.43. The van der Waals surface area contributed by atoms with Crippen LogP contribution in [-0.2, 0) is 9.59 Å². The van der Waals surface area contributed by atoms with E-state index in [1.807, 2.05) is 13.8 Å². The monoisotopic (exact) mass is 310 g/mol. The molecule has 6 heteroatoms. The summed E-state index contributed by atoms with van der Waals surface area (Å²) >= 11 is 1.47. The third-order valence-corrected chi connectivity index (χ3v) is 5.35. The van der Waals surface area contributed by atoms with Gasteiger partial charge in [-0.1, -0.05) is 19.3 Å². The van der Waals surface area contributed by atoms with E-state index in [0.717, 1.165) is 42.7 Å². The highest BCUT2D eigenvalue weighted by Crippen LogP contribution is 2.41. The number of aryl methyl sites for hydroxylation is 2. The molecule has 1 fully saturated rings. The molecule has 2 rings (SSSR count). The lowest BCUT2D eigenvalue weighted by Crippen LogP contribution is -2.38. The molecule has 1 amide bonds. The zero-order valence-corrected chi connectivity index (χ0v) is 13.4. The van der Waals surface area contributed by atoms with E-state index in [9.17, 15) is 9.59 Å². The largest absolute Gasteiger partial charge is 0.481 e. The average Bonchev–Trinajstić information content (AvgIpc) is 2.76. The molecule has 0 unspecified atom stereocenters. The predicted octanol–water partition coefficient (Wildman–Crippen LogP) is 3.51. The number of carbonyl (C=O) groups is 2. The molecule has 2 N–H and O–H groups in total. The van der Waals surface area contributed by atoms with Crippen LogP contribution in [0.25, 0.3) is 0 Å². The van der Waals surface area contributed by atoms with E-state index in [2.05, 4.69) is 10.3 Å². The summed E-state index contributed by atoms with van der Waals surface area (Å²) in [6, 6.07) is 0. The SMILES string of the molecule is Cc1nc(NC(=O)C2(CCC(=O)O)CCCCC2)sc1C. The zero-order valence-electron chi connectivity index (χ0n) is 12.6. The lowest BCUT2D eigenvalue weighted by molar-refractivity contribution is -0.138. The van der Waals surface area contributed by atoms with E-state index < -0.39 is 11.4 Å². The number of aromatic nitrogens is 1. The second kappa shape index (κ2) is 6.56. The van der Waals surface area contributed by atoms with Gasteiger partial charge in [0.25, 0.3) is 0 Å². The van der Waals surface area contributed by atoms with E-state index in [1.165, 1.54) is 11.3 Å². The van der Waals surface area contributed by atoms with Crippen LogP contribution in [0, 0.1) is 19.3 Å². The Morgan fingerprint density at radius 3 is 2.48 bits per heavy atom. The van der Waals surface area contributed by atoms with E-state index in [0.29, 0.717) is 11.6 Å². The van der Waals surface area contributed by atoms with Crippen LogP contribution < -0.4 is 5.32 Å². The number of nitrogens with zero attached hydrogens (tertiary/aromatic N) is 1. The first kappa shape index (κ1) is 15.9. The third-order valence-electron chi connectivity index (χ3n) is 4.36. The third kappa shape index (κ3) is 3.81. The van der Waals surface area contributed by atoms with E-state index >= 15 is 0 Å². The molecule has 1 aliphatic rings. The van der Waals surface area contributed by atoms with Crippen molar-refractivity contribution in [2.75, 3.05) is 5.32 Å². The van der Waals surface area contributed by atoms with Gasteiger partial charge in [0.1, 0.15) is 0 Å². The second-order valence-electron chi connectivity index (χ2n) is 5.85. The standard InChI is InChI=1S/C15H22N2O3S/c1-10-11(2)21-14(16-10)17-13(20)15(9-6-12(18)19)7-4-3-5-8-15/h3-9H2,1-2H3,(H,18,19)(H,16,17,20). The highest BCUT2D eigenvalue weighted by molar-refractivity contribution is 7.15. The van der Waals surface area contributed by atoms with Gasteiger partial charge in [0.2, 0.25) is 5.91 Å².